The van der Waals surface area contributed by atoms with Crippen molar-refractivity contribution in [2.45, 2.75) is 19.9 Å². The minimum Gasteiger partial charge on any atom is -0.493 e. The van der Waals surface area contributed by atoms with E-state index in [2.05, 4.69) is 27.8 Å². The molecule has 0 unspecified atom stereocenters. The van der Waals surface area contributed by atoms with Gasteiger partial charge in [-0.2, -0.15) is 0 Å². The van der Waals surface area contributed by atoms with Crippen molar-refractivity contribution in [1.82, 2.24) is 15.5 Å². The van der Waals surface area contributed by atoms with Crippen LogP contribution < -0.4 is 20.1 Å². The molecule has 0 aliphatic carbocycles. The average molecular weight is 330 g/mol. The molecule has 0 atom stereocenters. The quantitative estimate of drug-likeness (QED) is 0.772. The molecule has 7 heteroatoms. The molecule has 2 rings (SSSR count). The highest BCUT2D eigenvalue weighted by molar-refractivity contribution is 5.92. The molecule has 1 heterocycles. The van der Waals surface area contributed by atoms with Crippen molar-refractivity contribution < 1.29 is 14.3 Å². The molecule has 1 amide bonds. The van der Waals surface area contributed by atoms with Gasteiger partial charge in [0.2, 0.25) is 0 Å². The number of rotatable bonds is 8. The number of anilines is 1. The van der Waals surface area contributed by atoms with Gasteiger partial charge in [-0.15, -0.1) is 10.2 Å². The number of amides is 1. The van der Waals surface area contributed by atoms with E-state index in [1.54, 1.807) is 32.4 Å². The lowest BCUT2D eigenvalue weighted by Gasteiger charge is -2.10. The second-order valence-corrected chi connectivity index (χ2v) is 5.10. The summed E-state index contributed by atoms with van der Waals surface area (Å²) in [5.74, 6) is 1.65. The van der Waals surface area contributed by atoms with Crippen molar-refractivity contribution in [2.75, 3.05) is 26.1 Å². The molecule has 7 nitrogen and oxygen atoms in total. The molecule has 0 aliphatic rings. The number of methoxy groups -OCH3 is 2. The van der Waals surface area contributed by atoms with Crippen LogP contribution in [0.4, 0.5) is 5.82 Å². The zero-order valence-corrected chi connectivity index (χ0v) is 14.1. The van der Waals surface area contributed by atoms with Gasteiger partial charge in [-0.3, -0.25) is 4.79 Å². The van der Waals surface area contributed by atoms with Crippen molar-refractivity contribution in [1.29, 1.82) is 0 Å². The predicted octanol–water partition coefficient (Wildman–Crippen LogP) is 2.25. The molecule has 0 saturated heterocycles. The molecule has 0 bridgehead atoms. The van der Waals surface area contributed by atoms with Crippen LogP contribution in [0.25, 0.3) is 0 Å². The van der Waals surface area contributed by atoms with E-state index in [0.717, 1.165) is 18.5 Å². The Morgan fingerprint density at radius 3 is 2.50 bits per heavy atom. The Kier molecular flexibility index (Phi) is 6.36. The van der Waals surface area contributed by atoms with Gasteiger partial charge in [-0.1, -0.05) is 13.0 Å². The first-order valence-electron chi connectivity index (χ1n) is 7.74. The Morgan fingerprint density at radius 2 is 1.88 bits per heavy atom. The van der Waals surface area contributed by atoms with E-state index in [1.807, 2.05) is 12.1 Å². The maximum atomic E-state index is 12.1. The molecule has 128 valence electrons. The first kappa shape index (κ1) is 17.5. The van der Waals surface area contributed by atoms with Crippen LogP contribution in [0.2, 0.25) is 0 Å². The molecular formula is C17H22N4O3. The number of benzene rings is 1. The summed E-state index contributed by atoms with van der Waals surface area (Å²) in [4.78, 5) is 12.1. The molecule has 0 saturated carbocycles. The molecule has 0 radical (unpaired) electrons. The predicted molar refractivity (Wildman–Crippen MR) is 91.5 cm³/mol. The van der Waals surface area contributed by atoms with Gasteiger partial charge in [0.25, 0.3) is 5.91 Å². The van der Waals surface area contributed by atoms with Gasteiger partial charge in [0.05, 0.1) is 14.2 Å². The average Bonchev–Trinajstić information content (AvgIpc) is 2.64. The summed E-state index contributed by atoms with van der Waals surface area (Å²) in [6.07, 6.45) is 0.995. The third kappa shape index (κ3) is 4.58. The summed E-state index contributed by atoms with van der Waals surface area (Å²) < 4.78 is 10.4. The minimum atomic E-state index is -0.278. The van der Waals surface area contributed by atoms with E-state index in [4.69, 9.17) is 9.47 Å². The lowest BCUT2D eigenvalue weighted by Crippen LogP contribution is -2.24. The fourth-order valence-electron chi connectivity index (χ4n) is 2.06. The third-order valence-electron chi connectivity index (χ3n) is 3.35. The lowest BCUT2D eigenvalue weighted by molar-refractivity contribution is 0.0945. The molecular weight excluding hydrogens is 308 g/mol. The van der Waals surface area contributed by atoms with E-state index in [1.165, 1.54) is 0 Å². The Hall–Kier alpha value is -2.83. The van der Waals surface area contributed by atoms with Crippen LogP contribution in [0.5, 0.6) is 11.5 Å². The van der Waals surface area contributed by atoms with Crippen LogP contribution in [0, 0.1) is 0 Å². The molecule has 0 spiro atoms. The van der Waals surface area contributed by atoms with E-state index < -0.39 is 0 Å². The monoisotopic (exact) mass is 330 g/mol. The van der Waals surface area contributed by atoms with Gasteiger partial charge in [0.15, 0.2) is 17.2 Å². The summed E-state index contributed by atoms with van der Waals surface area (Å²) in [5.41, 5.74) is 1.17. The molecule has 2 aromatic rings. The van der Waals surface area contributed by atoms with Crippen molar-refractivity contribution in [3.8, 4) is 11.5 Å². The Balaban J connectivity index is 1.95. The van der Waals surface area contributed by atoms with Crippen molar-refractivity contribution in [3.05, 3.63) is 41.6 Å². The number of hydrogen-bond acceptors (Lipinski definition) is 6. The normalized spacial score (nSPS) is 10.1. The van der Waals surface area contributed by atoms with Crippen LogP contribution in [0.15, 0.2) is 30.3 Å². The topological polar surface area (TPSA) is 85.4 Å². The molecule has 24 heavy (non-hydrogen) atoms. The van der Waals surface area contributed by atoms with Gasteiger partial charge in [-0.25, -0.2) is 0 Å². The number of aromatic nitrogens is 2. The van der Waals surface area contributed by atoms with Gasteiger partial charge in [-0.05, 0) is 36.2 Å². The maximum Gasteiger partial charge on any atom is 0.272 e. The zero-order valence-electron chi connectivity index (χ0n) is 14.1. The summed E-state index contributed by atoms with van der Waals surface area (Å²) in [6, 6.07) is 8.88. The smallest absolute Gasteiger partial charge is 0.272 e. The number of hydrogen-bond donors (Lipinski definition) is 2. The standard InChI is InChI=1S/C17H22N4O3/c1-4-9-18-16-8-6-13(20-21-16)17(22)19-11-12-5-7-14(23-2)15(10-12)24-3/h5-8,10H,4,9,11H2,1-3H3,(H,18,21)(H,19,22). The Morgan fingerprint density at radius 1 is 1.08 bits per heavy atom. The maximum absolute atomic E-state index is 12.1. The van der Waals surface area contributed by atoms with Crippen LogP contribution >= 0.6 is 0 Å². The van der Waals surface area contributed by atoms with Crippen LogP contribution in [-0.2, 0) is 6.54 Å². The first-order chi connectivity index (χ1) is 11.7. The number of carbonyl (C=O) groups excluding carboxylic acids is 1. The Bertz CT molecular complexity index is 674. The van der Waals surface area contributed by atoms with Gasteiger partial charge in [0, 0.05) is 13.1 Å². The van der Waals surface area contributed by atoms with Gasteiger partial charge < -0.3 is 20.1 Å². The lowest BCUT2D eigenvalue weighted by atomic mass is 10.2. The van der Waals surface area contributed by atoms with E-state index in [9.17, 15) is 4.79 Å². The van der Waals surface area contributed by atoms with Gasteiger partial charge in [0.1, 0.15) is 5.82 Å². The fraction of sp³-hybridized carbons (Fsp3) is 0.353. The van der Waals surface area contributed by atoms with Crippen molar-refractivity contribution in [3.63, 3.8) is 0 Å². The number of nitrogens with one attached hydrogen (secondary N) is 2. The molecule has 1 aromatic heterocycles. The Labute approximate surface area is 141 Å². The van der Waals surface area contributed by atoms with Crippen molar-refractivity contribution >= 4 is 11.7 Å². The summed E-state index contributed by atoms with van der Waals surface area (Å²) >= 11 is 0. The molecule has 0 aliphatic heterocycles. The number of ether oxygens (including phenoxy) is 2. The third-order valence-corrected chi connectivity index (χ3v) is 3.35. The number of nitrogens with zero attached hydrogens (tertiary/aromatic N) is 2. The van der Waals surface area contributed by atoms with Crippen LogP contribution in [0.1, 0.15) is 29.4 Å². The van der Waals surface area contributed by atoms with Crippen LogP contribution in [-0.4, -0.2) is 36.9 Å². The zero-order chi connectivity index (χ0) is 17.4. The highest BCUT2D eigenvalue weighted by Crippen LogP contribution is 2.27. The summed E-state index contributed by atoms with van der Waals surface area (Å²) in [6.45, 7) is 3.24. The second kappa shape index (κ2) is 8.71. The first-order valence-corrected chi connectivity index (χ1v) is 7.74. The minimum absolute atomic E-state index is 0.275. The molecule has 0 fully saturated rings. The van der Waals surface area contributed by atoms with Gasteiger partial charge >= 0.3 is 0 Å². The summed E-state index contributed by atoms with van der Waals surface area (Å²) in [7, 11) is 3.15. The SMILES string of the molecule is CCCNc1ccc(C(=O)NCc2ccc(OC)c(OC)c2)nn1. The largest absolute Gasteiger partial charge is 0.493 e. The van der Waals surface area contributed by atoms with E-state index in [0.29, 0.717) is 23.9 Å². The highest BCUT2D eigenvalue weighted by atomic mass is 16.5. The second-order valence-electron chi connectivity index (χ2n) is 5.10. The molecule has 2 N–H and O–H groups in total. The highest BCUT2D eigenvalue weighted by Gasteiger charge is 2.09. The fourth-order valence-corrected chi connectivity index (χ4v) is 2.06. The molecule has 1 aromatic carbocycles. The summed E-state index contributed by atoms with van der Waals surface area (Å²) in [5, 5.41) is 13.8. The van der Waals surface area contributed by atoms with Crippen molar-refractivity contribution in [2.24, 2.45) is 0 Å². The van der Waals surface area contributed by atoms with E-state index >= 15 is 0 Å². The van der Waals surface area contributed by atoms with E-state index in [-0.39, 0.29) is 11.6 Å². The van der Waals surface area contributed by atoms with Crippen LogP contribution in [0.3, 0.4) is 0 Å². The number of carbonyl (C=O) groups is 1.